The van der Waals surface area contributed by atoms with Crippen molar-refractivity contribution in [1.82, 2.24) is 10.2 Å². The predicted molar refractivity (Wildman–Crippen MR) is 63.8 cm³/mol. The second kappa shape index (κ2) is 5.74. The highest BCUT2D eigenvalue weighted by atomic mass is 33.1. The zero-order valence-electron chi connectivity index (χ0n) is 8.82. The molecule has 0 aliphatic carbocycles. The summed E-state index contributed by atoms with van der Waals surface area (Å²) in [5.41, 5.74) is 0.520. The summed E-state index contributed by atoms with van der Waals surface area (Å²) in [6.45, 7) is 0. The lowest BCUT2D eigenvalue weighted by atomic mass is 10.2. The SMILES string of the molecule is COC(=O)c1ccccc1SSc1nnco1. The Kier molecular flexibility index (Phi) is 4.05. The van der Waals surface area contributed by atoms with E-state index in [2.05, 4.69) is 10.2 Å². The maximum atomic E-state index is 11.5. The van der Waals surface area contributed by atoms with Crippen molar-refractivity contribution in [3.63, 3.8) is 0 Å². The molecule has 0 bridgehead atoms. The third-order valence-corrected chi connectivity index (χ3v) is 3.99. The monoisotopic (exact) mass is 268 g/mol. The lowest BCUT2D eigenvalue weighted by Crippen LogP contribution is -2.02. The van der Waals surface area contributed by atoms with Gasteiger partial charge in [-0.15, -0.1) is 10.2 Å². The molecule has 0 aliphatic heterocycles. The number of hydrogen-bond donors (Lipinski definition) is 0. The normalized spacial score (nSPS) is 10.2. The van der Waals surface area contributed by atoms with Gasteiger partial charge in [-0.05, 0) is 22.9 Å². The van der Waals surface area contributed by atoms with Gasteiger partial charge >= 0.3 is 5.97 Å². The van der Waals surface area contributed by atoms with E-state index < -0.39 is 0 Å². The molecule has 0 fully saturated rings. The third kappa shape index (κ3) is 3.01. The predicted octanol–water partition coefficient (Wildman–Crippen LogP) is 2.66. The minimum Gasteiger partial charge on any atom is -0.465 e. The molecule has 5 nitrogen and oxygen atoms in total. The van der Waals surface area contributed by atoms with Crippen LogP contribution in [0.4, 0.5) is 0 Å². The molecule has 7 heteroatoms. The number of carbonyl (C=O) groups is 1. The maximum Gasteiger partial charge on any atom is 0.339 e. The number of hydrogen-bond acceptors (Lipinski definition) is 7. The number of nitrogens with zero attached hydrogens (tertiary/aromatic N) is 2. The Balaban J connectivity index is 2.12. The molecule has 0 radical (unpaired) electrons. The Hall–Kier alpha value is -1.47. The summed E-state index contributed by atoms with van der Waals surface area (Å²) in [6.07, 6.45) is 1.26. The molecule has 0 aliphatic rings. The first kappa shape index (κ1) is 12.0. The summed E-state index contributed by atoms with van der Waals surface area (Å²) < 4.78 is 9.69. The molecule has 0 unspecified atom stereocenters. The Morgan fingerprint density at radius 1 is 1.35 bits per heavy atom. The molecule has 1 aromatic heterocycles. The quantitative estimate of drug-likeness (QED) is 0.623. The molecule has 1 heterocycles. The van der Waals surface area contributed by atoms with Gasteiger partial charge in [-0.2, -0.15) is 0 Å². The lowest BCUT2D eigenvalue weighted by molar-refractivity contribution is 0.0597. The summed E-state index contributed by atoms with van der Waals surface area (Å²) in [6, 6.07) is 7.18. The van der Waals surface area contributed by atoms with Gasteiger partial charge in [-0.3, -0.25) is 0 Å². The van der Waals surface area contributed by atoms with Crippen molar-refractivity contribution in [3.05, 3.63) is 36.2 Å². The fourth-order valence-corrected chi connectivity index (χ4v) is 2.93. The van der Waals surface area contributed by atoms with Crippen molar-refractivity contribution < 1.29 is 13.9 Å². The van der Waals surface area contributed by atoms with Gasteiger partial charge in [0.2, 0.25) is 6.39 Å². The molecule has 0 saturated heterocycles. The molecule has 17 heavy (non-hydrogen) atoms. The Morgan fingerprint density at radius 2 is 2.18 bits per heavy atom. The van der Waals surface area contributed by atoms with E-state index in [1.807, 2.05) is 12.1 Å². The zero-order chi connectivity index (χ0) is 12.1. The van der Waals surface area contributed by atoms with Crippen LogP contribution >= 0.6 is 21.6 Å². The van der Waals surface area contributed by atoms with E-state index >= 15 is 0 Å². The van der Waals surface area contributed by atoms with Gasteiger partial charge in [-0.1, -0.05) is 12.1 Å². The van der Waals surface area contributed by atoms with Crippen molar-refractivity contribution in [2.24, 2.45) is 0 Å². The molecular weight excluding hydrogens is 260 g/mol. The molecule has 0 atom stereocenters. The molecule has 0 spiro atoms. The van der Waals surface area contributed by atoms with Crippen molar-refractivity contribution in [2.45, 2.75) is 10.1 Å². The van der Waals surface area contributed by atoms with Gasteiger partial charge in [0.25, 0.3) is 5.22 Å². The molecule has 2 aromatic rings. The van der Waals surface area contributed by atoms with Crippen LogP contribution in [-0.2, 0) is 4.74 Å². The Labute approximate surface area is 105 Å². The number of carbonyl (C=O) groups excluding carboxylic acids is 1. The molecule has 88 valence electrons. The molecular formula is C10H8N2O3S2. The van der Waals surface area contributed by atoms with Crippen molar-refractivity contribution in [2.75, 3.05) is 7.11 Å². The molecule has 1 aromatic carbocycles. The number of benzene rings is 1. The first-order chi connectivity index (χ1) is 8.31. The highest BCUT2D eigenvalue weighted by molar-refractivity contribution is 8.76. The van der Waals surface area contributed by atoms with Gasteiger partial charge in [0, 0.05) is 15.7 Å². The zero-order valence-corrected chi connectivity index (χ0v) is 10.5. The van der Waals surface area contributed by atoms with Gasteiger partial charge in [-0.25, -0.2) is 4.79 Å². The van der Waals surface area contributed by atoms with Crippen LogP contribution in [0.25, 0.3) is 0 Å². The molecule has 0 amide bonds. The number of esters is 1. The minimum absolute atomic E-state index is 0.362. The Bertz CT molecular complexity index is 502. The van der Waals surface area contributed by atoms with Crippen LogP contribution < -0.4 is 0 Å². The van der Waals surface area contributed by atoms with Crippen molar-refractivity contribution >= 4 is 27.6 Å². The molecule has 2 rings (SSSR count). The lowest BCUT2D eigenvalue weighted by Gasteiger charge is -2.04. The number of rotatable bonds is 4. The maximum absolute atomic E-state index is 11.5. The second-order valence-electron chi connectivity index (χ2n) is 2.86. The fraction of sp³-hybridized carbons (Fsp3) is 0.100. The highest BCUT2D eigenvalue weighted by Gasteiger charge is 2.12. The van der Waals surface area contributed by atoms with Crippen LogP contribution in [0.15, 0.2) is 45.2 Å². The van der Waals surface area contributed by atoms with E-state index in [1.165, 1.54) is 35.1 Å². The average Bonchev–Trinajstić information content (AvgIpc) is 2.89. The fourth-order valence-electron chi connectivity index (χ4n) is 1.10. The van der Waals surface area contributed by atoms with Crippen LogP contribution in [-0.4, -0.2) is 23.3 Å². The number of aromatic nitrogens is 2. The van der Waals surface area contributed by atoms with Crippen LogP contribution in [0.3, 0.4) is 0 Å². The van der Waals surface area contributed by atoms with Crippen LogP contribution in [0, 0.1) is 0 Å². The van der Waals surface area contributed by atoms with Gasteiger partial charge in [0.15, 0.2) is 0 Å². The van der Waals surface area contributed by atoms with Gasteiger partial charge < -0.3 is 9.15 Å². The number of methoxy groups -OCH3 is 1. The van der Waals surface area contributed by atoms with Crippen molar-refractivity contribution in [1.29, 1.82) is 0 Å². The second-order valence-corrected chi connectivity index (χ2v) is 4.98. The summed E-state index contributed by atoms with van der Waals surface area (Å²) in [5, 5.41) is 7.74. The first-order valence-electron chi connectivity index (χ1n) is 4.59. The van der Waals surface area contributed by atoms with Crippen LogP contribution in [0.5, 0.6) is 0 Å². The smallest absolute Gasteiger partial charge is 0.339 e. The van der Waals surface area contributed by atoms with Gasteiger partial charge in [0.1, 0.15) is 0 Å². The Morgan fingerprint density at radius 3 is 2.88 bits per heavy atom. The van der Waals surface area contributed by atoms with E-state index in [0.29, 0.717) is 10.8 Å². The van der Waals surface area contributed by atoms with E-state index in [9.17, 15) is 4.79 Å². The van der Waals surface area contributed by atoms with E-state index in [1.54, 1.807) is 12.1 Å². The van der Waals surface area contributed by atoms with Crippen LogP contribution in [0.2, 0.25) is 0 Å². The van der Waals surface area contributed by atoms with Crippen LogP contribution in [0.1, 0.15) is 10.4 Å². The van der Waals surface area contributed by atoms with E-state index in [4.69, 9.17) is 9.15 Å². The summed E-state index contributed by atoms with van der Waals surface area (Å²) in [4.78, 5) is 12.3. The molecule has 0 N–H and O–H groups in total. The van der Waals surface area contributed by atoms with Crippen molar-refractivity contribution in [3.8, 4) is 0 Å². The first-order valence-corrected chi connectivity index (χ1v) is 6.74. The summed E-state index contributed by atoms with van der Waals surface area (Å²) in [5.74, 6) is -0.362. The van der Waals surface area contributed by atoms with E-state index in [-0.39, 0.29) is 5.97 Å². The standard InChI is InChI=1S/C10H8N2O3S2/c1-14-9(13)7-4-2-3-5-8(7)16-17-10-12-11-6-15-10/h2-6H,1H3. The van der Waals surface area contributed by atoms with Gasteiger partial charge in [0.05, 0.1) is 12.7 Å². The third-order valence-electron chi connectivity index (χ3n) is 1.84. The van der Waals surface area contributed by atoms with E-state index in [0.717, 1.165) is 4.90 Å². The summed E-state index contributed by atoms with van der Waals surface area (Å²) in [7, 11) is 4.01. The minimum atomic E-state index is -0.362. The topological polar surface area (TPSA) is 65.2 Å². The largest absolute Gasteiger partial charge is 0.465 e. The summed E-state index contributed by atoms with van der Waals surface area (Å²) >= 11 is 0. The average molecular weight is 268 g/mol. The molecule has 0 saturated carbocycles. The highest BCUT2D eigenvalue weighted by Crippen LogP contribution is 2.37. The number of ether oxygens (including phenoxy) is 1.